The SMILES string of the molecule is O=C(CSc1ccc(Cl)cc1)N/N=C\c1cc(Br)c(OCc2ccc(I)cc2)c(Br)c1. The Morgan fingerprint density at radius 3 is 2.39 bits per heavy atom. The second-order valence-electron chi connectivity index (χ2n) is 6.26. The molecule has 4 nitrogen and oxygen atoms in total. The van der Waals surface area contributed by atoms with Crippen LogP contribution in [-0.4, -0.2) is 17.9 Å². The van der Waals surface area contributed by atoms with Crippen LogP contribution in [0.3, 0.4) is 0 Å². The van der Waals surface area contributed by atoms with E-state index in [1.807, 2.05) is 48.5 Å². The molecular weight excluding hydrogens is 678 g/mol. The lowest BCUT2D eigenvalue weighted by Gasteiger charge is -2.11. The molecule has 3 aromatic carbocycles. The number of nitrogens with zero attached hydrogens (tertiary/aromatic N) is 1. The quantitative estimate of drug-likeness (QED) is 0.117. The van der Waals surface area contributed by atoms with Crippen LogP contribution < -0.4 is 10.2 Å². The van der Waals surface area contributed by atoms with Crippen molar-refractivity contribution in [1.82, 2.24) is 5.43 Å². The molecule has 0 saturated carbocycles. The summed E-state index contributed by atoms with van der Waals surface area (Å²) in [6.45, 7) is 0.461. The molecule has 160 valence electrons. The predicted octanol–water partition coefficient (Wildman–Crippen LogP) is 7.29. The summed E-state index contributed by atoms with van der Waals surface area (Å²) < 4.78 is 8.71. The second-order valence-corrected chi connectivity index (χ2v) is 10.7. The molecule has 0 radical (unpaired) electrons. The first kappa shape index (κ1) is 24.6. The Kier molecular flexibility index (Phi) is 9.71. The molecule has 0 unspecified atom stereocenters. The Hall–Kier alpha value is -1.07. The van der Waals surface area contributed by atoms with Crippen molar-refractivity contribution < 1.29 is 9.53 Å². The number of ether oxygens (including phenoxy) is 1. The average Bonchev–Trinajstić information content (AvgIpc) is 2.74. The minimum Gasteiger partial charge on any atom is -0.487 e. The number of hydrogen-bond donors (Lipinski definition) is 1. The Labute approximate surface area is 220 Å². The molecule has 0 aromatic heterocycles. The van der Waals surface area contributed by atoms with Gasteiger partial charge in [0.05, 0.1) is 20.9 Å². The van der Waals surface area contributed by atoms with Gasteiger partial charge in [0, 0.05) is 13.5 Å². The zero-order chi connectivity index (χ0) is 22.2. The van der Waals surface area contributed by atoms with Gasteiger partial charge in [-0.2, -0.15) is 5.10 Å². The molecule has 1 N–H and O–H groups in total. The highest BCUT2D eigenvalue weighted by Gasteiger charge is 2.09. The van der Waals surface area contributed by atoms with Crippen molar-refractivity contribution in [3.8, 4) is 5.75 Å². The minimum atomic E-state index is -0.188. The Morgan fingerprint density at radius 1 is 1.10 bits per heavy atom. The van der Waals surface area contributed by atoms with Gasteiger partial charge in [-0.25, -0.2) is 5.43 Å². The fraction of sp³-hybridized carbons (Fsp3) is 0.0909. The molecule has 1 amide bonds. The highest BCUT2D eigenvalue weighted by atomic mass is 127. The topological polar surface area (TPSA) is 50.7 Å². The van der Waals surface area contributed by atoms with Crippen molar-refractivity contribution in [3.05, 3.63) is 89.3 Å². The fourth-order valence-electron chi connectivity index (χ4n) is 2.42. The van der Waals surface area contributed by atoms with Gasteiger partial charge in [0.25, 0.3) is 0 Å². The molecule has 0 bridgehead atoms. The summed E-state index contributed by atoms with van der Waals surface area (Å²) in [5, 5.41) is 4.71. The standard InChI is InChI=1S/C22H16Br2ClIN2O2S/c23-19-9-15(10-20(24)22(19)30-12-14-1-5-17(26)6-2-14)11-27-28-21(29)13-31-18-7-3-16(25)4-8-18/h1-11H,12-13H2,(H,28,29)/b27-11-. The predicted molar refractivity (Wildman–Crippen MR) is 143 cm³/mol. The van der Waals surface area contributed by atoms with Crippen LogP contribution in [0.5, 0.6) is 5.75 Å². The number of hydrazone groups is 1. The molecular formula is C22H16Br2ClIN2O2S. The lowest BCUT2D eigenvalue weighted by atomic mass is 10.2. The third-order valence-corrected chi connectivity index (χ3v) is 7.06. The van der Waals surface area contributed by atoms with Gasteiger partial charge in [-0.05, 0) is 114 Å². The zero-order valence-electron chi connectivity index (χ0n) is 15.9. The number of thioether (sulfide) groups is 1. The summed E-state index contributed by atoms with van der Waals surface area (Å²) in [5.41, 5.74) is 4.44. The van der Waals surface area contributed by atoms with Gasteiger partial charge in [0.15, 0.2) is 0 Å². The van der Waals surface area contributed by atoms with Crippen LogP contribution in [0.25, 0.3) is 0 Å². The van der Waals surface area contributed by atoms with Gasteiger partial charge in [0.2, 0.25) is 5.91 Å². The summed E-state index contributed by atoms with van der Waals surface area (Å²) >= 11 is 16.6. The maximum atomic E-state index is 12.0. The largest absolute Gasteiger partial charge is 0.487 e. The van der Waals surface area contributed by atoms with E-state index in [1.165, 1.54) is 15.3 Å². The molecule has 9 heteroatoms. The number of nitrogens with one attached hydrogen (secondary N) is 1. The monoisotopic (exact) mass is 692 g/mol. The molecule has 31 heavy (non-hydrogen) atoms. The third-order valence-electron chi connectivity index (χ3n) is 3.90. The molecule has 0 spiro atoms. The highest BCUT2D eigenvalue weighted by Crippen LogP contribution is 2.35. The van der Waals surface area contributed by atoms with Crippen molar-refractivity contribution in [3.63, 3.8) is 0 Å². The number of rotatable bonds is 8. The van der Waals surface area contributed by atoms with Gasteiger partial charge in [-0.3, -0.25) is 4.79 Å². The number of benzene rings is 3. The van der Waals surface area contributed by atoms with Crippen molar-refractivity contribution in [2.45, 2.75) is 11.5 Å². The van der Waals surface area contributed by atoms with E-state index < -0.39 is 0 Å². The van der Waals surface area contributed by atoms with Gasteiger partial charge in [-0.15, -0.1) is 11.8 Å². The van der Waals surface area contributed by atoms with E-state index >= 15 is 0 Å². The van der Waals surface area contributed by atoms with E-state index in [-0.39, 0.29) is 11.7 Å². The lowest BCUT2D eigenvalue weighted by Crippen LogP contribution is -2.19. The van der Waals surface area contributed by atoms with Crippen LogP contribution in [0.2, 0.25) is 5.02 Å². The Morgan fingerprint density at radius 2 is 1.74 bits per heavy atom. The average molecular weight is 695 g/mol. The number of carbonyl (C=O) groups excluding carboxylic acids is 1. The number of amides is 1. The molecule has 3 aromatic rings. The van der Waals surface area contributed by atoms with Crippen LogP contribution in [0.1, 0.15) is 11.1 Å². The minimum absolute atomic E-state index is 0.188. The van der Waals surface area contributed by atoms with Crippen LogP contribution in [0, 0.1) is 3.57 Å². The van der Waals surface area contributed by atoms with Crippen LogP contribution in [-0.2, 0) is 11.4 Å². The van der Waals surface area contributed by atoms with E-state index in [2.05, 4.69) is 65.0 Å². The van der Waals surface area contributed by atoms with Crippen LogP contribution in [0.15, 0.2) is 79.6 Å². The normalized spacial score (nSPS) is 11.0. The number of carbonyl (C=O) groups is 1. The summed E-state index contributed by atoms with van der Waals surface area (Å²) in [6, 6.07) is 19.3. The summed E-state index contributed by atoms with van der Waals surface area (Å²) in [5.74, 6) is 0.781. The number of hydrogen-bond acceptors (Lipinski definition) is 4. The molecule has 0 fully saturated rings. The van der Waals surface area contributed by atoms with Crippen molar-refractivity contribution in [2.75, 3.05) is 5.75 Å². The van der Waals surface area contributed by atoms with Gasteiger partial charge >= 0.3 is 0 Å². The van der Waals surface area contributed by atoms with Crippen molar-refractivity contribution in [1.29, 1.82) is 0 Å². The first-order valence-corrected chi connectivity index (χ1v) is 13.0. The summed E-state index contributed by atoms with van der Waals surface area (Å²) in [7, 11) is 0. The Balaban J connectivity index is 1.52. The maximum absolute atomic E-state index is 12.0. The third kappa shape index (κ3) is 8.09. The Bertz CT molecular complexity index is 1060. The lowest BCUT2D eigenvalue weighted by molar-refractivity contribution is -0.118. The van der Waals surface area contributed by atoms with Crippen molar-refractivity contribution in [2.24, 2.45) is 5.10 Å². The van der Waals surface area contributed by atoms with Gasteiger partial charge in [-0.1, -0.05) is 23.7 Å². The van der Waals surface area contributed by atoms with Crippen LogP contribution in [0.4, 0.5) is 0 Å². The first-order valence-electron chi connectivity index (χ1n) is 8.97. The summed E-state index contributed by atoms with van der Waals surface area (Å²) in [6.07, 6.45) is 1.59. The molecule has 0 saturated heterocycles. The molecule has 0 aliphatic heterocycles. The molecule has 0 aliphatic carbocycles. The maximum Gasteiger partial charge on any atom is 0.250 e. The molecule has 0 aliphatic rings. The van der Waals surface area contributed by atoms with E-state index in [0.717, 1.165) is 25.0 Å². The highest BCUT2D eigenvalue weighted by molar-refractivity contribution is 14.1. The van der Waals surface area contributed by atoms with E-state index in [0.29, 0.717) is 17.4 Å². The summed E-state index contributed by atoms with van der Waals surface area (Å²) in [4.78, 5) is 13.0. The van der Waals surface area contributed by atoms with Gasteiger partial charge < -0.3 is 4.74 Å². The van der Waals surface area contributed by atoms with E-state index in [4.69, 9.17) is 16.3 Å². The molecule has 0 heterocycles. The molecule has 3 rings (SSSR count). The van der Waals surface area contributed by atoms with Crippen LogP contribution >= 0.6 is 77.8 Å². The first-order chi connectivity index (χ1) is 14.9. The fourth-order valence-corrected chi connectivity index (χ4v) is 5.05. The number of halogens is 4. The van der Waals surface area contributed by atoms with Crippen molar-refractivity contribution >= 4 is 89.9 Å². The van der Waals surface area contributed by atoms with Gasteiger partial charge in [0.1, 0.15) is 12.4 Å². The molecule has 0 atom stereocenters. The second kappa shape index (κ2) is 12.2. The zero-order valence-corrected chi connectivity index (χ0v) is 22.9. The van der Waals surface area contributed by atoms with E-state index in [1.54, 1.807) is 18.3 Å². The smallest absolute Gasteiger partial charge is 0.250 e. The van der Waals surface area contributed by atoms with E-state index in [9.17, 15) is 4.79 Å².